The number of ether oxygens (including phenoxy) is 2. The highest BCUT2D eigenvalue weighted by molar-refractivity contribution is 6.30. The van der Waals surface area contributed by atoms with Gasteiger partial charge in [-0.15, -0.1) is 5.10 Å². The van der Waals surface area contributed by atoms with Gasteiger partial charge in [0, 0.05) is 10.7 Å². The maximum atomic E-state index is 5.88. The first-order chi connectivity index (χ1) is 12.7. The normalized spacial score (nSPS) is 10.2. The van der Waals surface area contributed by atoms with Crippen LogP contribution in [0, 0.1) is 0 Å². The van der Waals surface area contributed by atoms with Gasteiger partial charge in [-0.05, 0) is 48.5 Å². The minimum absolute atomic E-state index is 0.419. The number of halogens is 1. The van der Waals surface area contributed by atoms with E-state index in [-0.39, 0.29) is 0 Å². The molecule has 0 aliphatic heterocycles. The predicted octanol–water partition coefficient (Wildman–Crippen LogP) is 3.77. The van der Waals surface area contributed by atoms with Crippen LogP contribution in [0.3, 0.4) is 0 Å². The lowest BCUT2D eigenvalue weighted by atomic mass is 10.3. The third-order valence-electron chi connectivity index (χ3n) is 3.39. The van der Waals surface area contributed by atoms with E-state index in [1.54, 1.807) is 25.4 Å². The Kier molecular flexibility index (Phi) is 6.05. The second-order valence-electron chi connectivity index (χ2n) is 5.25. The van der Waals surface area contributed by atoms with Crippen molar-refractivity contribution < 1.29 is 9.47 Å². The van der Waals surface area contributed by atoms with Crippen LogP contribution in [0.15, 0.2) is 54.7 Å². The molecule has 0 spiro atoms. The van der Waals surface area contributed by atoms with Crippen LogP contribution < -0.4 is 20.1 Å². The minimum atomic E-state index is 0.419. The van der Waals surface area contributed by atoms with E-state index in [2.05, 4.69) is 25.8 Å². The lowest BCUT2D eigenvalue weighted by Crippen LogP contribution is -2.14. The molecule has 1 aromatic heterocycles. The van der Waals surface area contributed by atoms with Gasteiger partial charge in [0.2, 0.25) is 5.95 Å². The van der Waals surface area contributed by atoms with E-state index in [1.807, 2.05) is 36.4 Å². The summed E-state index contributed by atoms with van der Waals surface area (Å²) < 4.78 is 10.8. The summed E-state index contributed by atoms with van der Waals surface area (Å²) in [4.78, 5) is 4.36. The molecule has 2 N–H and O–H groups in total. The number of methoxy groups -OCH3 is 1. The molecule has 0 fully saturated rings. The Morgan fingerprint density at radius 2 is 1.73 bits per heavy atom. The maximum Gasteiger partial charge on any atom is 0.244 e. The summed E-state index contributed by atoms with van der Waals surface area (Å²) >= 11 is 5.88. The molecule has 0 atom stereocenters. The van der Waals surface area contributed by atoms with Gasteiger partial charge in [0.25, 0.3) is 0 Å². The summed E-state index contributed by atoms with van der Waals surface area (Å²) in [6, 6.07) is 14.7. The molecule has 7 nitrogen and oxygen atoms in total. The van der Waals surface area contributed by atoms with Crippen LogP contribution in [-0.2, 0) is 0 Å². The number of aromatic nitrogens is 3. The van der Waals surface area contributed by atoms with Crippen LogP contribution in [0.2, 0.25) is 5.02 Å². The van der Waals surface area contributed by atoms with Crippen molar-refractivity contribution in [3.8, 4) is 11.5 Å². The second-order valence-corrected chi connectivity index (χ2v) is 5.68. The van der Waals surface area contributed by atoms with Crippen molar-refractivity contribution in [3.63, 3.8) is 0 Å². The Balaban J connectivity index is 1.48. The summed E-state index contributed by atoms with van der Waals surface area (Å²) in [5, 5.41) is 14.8. The van der Waals surface area contributed by atoms with Crippen LogP contribution in [0.25, 0.3) is 0 Å². The molecule has 0 amide bonds. The van der Waals surface area contributed by atoms with Crippen LogP contribution >= 0.6 is 11.6 Å². The molecule has 2 aromatic carbocycles. The molecule has 0 unspecified atom stereocenters. The molecule has 0 saturated carbocycles. The van der Waals surface area contributed by atoms with Gasteiger partial charge < -0.3 is 20.1 Å². The summed E-state index contributed by atoms with van der Waals surface area (Å²) in [6.45, 7) is 1.00. The molecule has 8 heteroatoms. The lowest BCUT2D eigenvalue weighted by Gasteiger charge is -2.09. The Hall–Kier alpha value is -3.06. The Labute approximate surface area is 156 Å². The van der Waals surface area contributed by atoms with Crippen LogP contribution in [0.5, 0.6) is 11.5 Å². The van der Waals surface area contributed by atoms with Gasteiger partial charge in [-0.1, -0.05) is 11.6 Å². The molecular weight excluding hydrogens is 354 g/mol. The van der Waals surface area contributed by atoms with E-state index in [4.69, 9.17) is 21.1 Å². The van der Waals surface area contributed by atoms with E-state index in [9.17, 15) is 0 Å². The quantitative estimate of drug-likeness (QED) is 0.583. The van der Waals surface area contributed by atoms with Gasteiger partial charge in [-0.2, -0.15) is 10.1 Å². The van der Waals surface area contributed by atoms with E-state index in [0.717, 1.165) is 17.2 Å². The molecule has 3 aromatic rings. The minimum Gasteiger partial charge on any atom is -0.497 e. The molecule has 26 heavy (non-hydrogen) atoms. The average Bonchev–Trinajstić information content (AvgIpc) is 2.68. The molecule has 3 rings (SSSR count). The van der Waals surface area contributed by atoms with Crippen LogP contribution in [0.4, 0.5) is 17.5 Å². The zero-order valence-corrected chi connectivity index (χ0v) is 14.9. The van der Waals surface area contributed by atoms with Crippen LogP contribution in [-0.4, -0.2) is 35.4 Å². The van der Waals surface area contributed by atoms with Gasteiger partial charge in [0.05, 0.1) is 19.9 Å². The Morgan fingerprint density at radius 3 is 2.46 bits per heavy atom. The highest BCUT2D eigenvalue weighted by atomic mass is 35.5. The van der Waals surface area contributed by atoms with Crippen molar-refractivity contribution >= 4 is 29.1 Å². The molecule has 1 heterocycles. The fourth-order valence-electron chi connectivity index (χ4n) is 2.12. The van der Waals surface area contributed by atoms with E-state index in [0.29, 0.717) is 29.9 Å². The average molecular weight is 372 g/mol. The van der Waals surface area contributed by atoms with Crippen molar-refractivity contribution in [3.05, 3.63) is 59.8 Å². The molecule has 0 radical (unpaired) electrons. The van der Waals surface area contributed by atoms with Gasteiger partial charge >= 0.3 is 0 Å². The topological polar surface area (TPSA) is 81.2 Å². The first-order valence-electron chi connectivity index (χ1n) is 7.96. The fraction of sp³-hybridized carbons (Fsp3) is 0.167. The first-order valence-corrected chi connectivity index (χ1v) is 8.34. The summed E-state index contributed by atoms with van der Waals surface area (Å²) in [7, 11) is 1.63. The maximum absolute atomic E-state index is 5.88. The van der Waals surface area contributed by atoms with Gasteiger partial charge in [-0.3, -0.25) is 0 Å². The largest absolute Gasteiger partial charge is 0.497 e. The predicted molar refractivity (Wildman–Crippen MR) is 102 cm³/mol. The lowest BCUT2D eigenvalue weighted by molar-refractivity contribution is 0.331. The van der Waals surface area contributed by atoms with Gasteiger partial charge in [0.15, 0.2) is 5.82 Å². The monoisotopic (exact) mass is 371 g/mol. The molecular formula is C18H18ClN5O2. The van der Waals surface area contributed by atoms with Gasteiger partial charge in [0.1, 0.15) is 18.1 Å². The van der Waals surface area contributed by atoms with Crippen molar-refractivity contribution in [2.75, 3.05) is 30.9 Å². The highest BCUT2D eigenvalue weighted by Gasteiger charge is 2.02. The summed E-state index contributed by atoms with van der Waals surface area (Å²) in [6.07, 6.45) is 1.55. The van der Waals surface area contributed by atoms with Crippen molar-refractivity contribution in [1.82, 2.24) is 15.2 Å². The number of hydrogen-bond donors (Lipinski definition) is 2. The standard InChI is InChI=1S/C18H18ClN5O2/c1-25-15-6-8-16(9-7-15)26-11-10-20-18-23-17(12-21-24-18)22-14-4-2-13(19)3-5-14/h2-9,12H,10-11H2,1H3,(H2,20,22,23,24). The third kappa shape index (κ3) is 5.22. The smallest absolute Gasteiger partial charge is 0.244 e. The molecule has 0 bridgehead atoms. The highest BCUT2D eigenvalue weighted by Crippen LogP contribution is 2.18. The SMILES string of the molecule is COc1ccc(OCCNc2nncc(Nc3ccc(Cl)cc3)n2)cc1. The van der Waals surface area contributed by atoms with Crippen molar-refractivity contribution in [2.45, 2.75) is 0 Å². The number of anilines is 3. The number of hydrogen-bond acceptors (Lipinski definition) is 7. The molecule has 0 aliphatic carbocycles. The summed E-state index contributed by atoms with van der Waals surface area (Å²) in [5.74, 6) is 2.56. The number of nitrogens with one attached hydrogen (secondary N) is 2. The Bertz CT molecular complexity index is 828. The molecule has 0 saturated heterocycles. The van der Waals surface area contributed by atoms with Crippen molar-refractivity contribution in [2.24, 2.45) is 0 Å². The second kappa shape index (κ2) is 8.87. The zero-order chi connectivity index (χ0) is 18.2. The number of rotatable bonds is 8. The van der Waals surface area contributed by atoms with Crippen LogP contribution in [0.1, 0.15) is 0 Å². The van der Waals surface area contributed by atoms with Gasteiger partial charge in [-0.25, -0.2) is 0 Å². The third-order valence-corrected chi connectivity index (χ3v) is 3.64. The van der Waals surface area contributed by atoms with E-state index < -0.39 is 0 Å². The van der Waals surface area contributed by atoms with E-state index in [1.165, 1.54) is 0 Å². The van der Waals surface area contributed by atoms with E-state index >= 15 is 0 Å². The summed E-state index contributed by atoms with van der Waals surface area (Å²) in [5.41, 5.74) is 0.865. The first kappa shape index (κ1) is 17.8. The zero-order valence-electron chi connectivity index (χ0n) is 14.1. The van der Waals surface area contributed by atoms with Crippen molar-refractivity contribution in [1.29, 1.82) is 0 Å². The number of benzene rings is 2. The number of nitrogens with zero attached hydrogens (tertiary/aromatic N) is 3. The fourth-order valence-corrected chi connectivity index (χ4v) is 2.25. The molecule has 134 valence electrons. The molecule has 0 aliphatic rings. The Morgan fingerprint density at radius 1 is 1.00 bits per heavy atom.